The molecule has 0 unspecified atom stereocenters. The molecule has 0 aromatic rings. The smallest absolute Gasteiger partial charge is 0.261 e. The van der Waals surface area contributed by atoms with Gasteiger partial charge in [0.25, 0.3) is 5.91 Å². The van der Waals surface area contributed by atoms with Crippen molar-refractivity contribution in [3.63, 3.8) is 0 Å². The molecule has 0 aliphatic carbocycles. The van der Waals surface area contributed by atoms with Crippen LogP contribution in [0.2, 0.25) is 0 Å². The van der Waals surface area contributed by atoms with Gasteiger partial charge in [0.2, 0.25) is 0 Å². The topological polar surface area (TPSA) is 57.6 Å². The molecule has 1 aliphatic rings. The summed E-state index contributed by atoms with van der Waals surface area (Å²) < 4.78 is 0. The molecule has 1 rings (SSSR count). The largest absolute Gasteiger partial charge is 0.512 e. The SMILES string of the molecule is CCCCCCCCCCN1C(=O)C(=C(C)O)C(=O)[C@@H]1C(C)C. The highest BCUT2D eigenvalue weighted by Gasteiger charge is 2.45. The number of hydrogen-bond acceptors (Lipinski definition) is 3. The van der Waals surface area contributed by atoms with E-state index in [0.29, 0.717) is 6.54 Å². The first-order valence-electron chi connectivity index (χ1n) is 9.16. The fraction of sp³-hybridized carbons (Fsp3) is 0.789. The molecule has 4 nitrogen and oxygen atoms in total. The lowest BCUT2D eigenvalue weighted by Crippen LogP contribution is -2.39. The molecule has 132 valence electrons. The summed E-state index contributed by atoms with van der Waals surface area (Å²) in [5.74, 6) is -0.595. The monoisotopic (exact) mass is 323 g/mol. The van der Waals surface area contributed by atoms with Gasteiger partial charge in [-0.2, -0.15) is 0 Å². The van der Waals surface area contributed by atoms with Crippen molar-refractivity contribution in [2.24, 2.45) is 5.92 Å². The molecule has 1 atom stereocenters. The lowest BCUT2D eigenvalue weighted by molar-refractivity contribution is -0.128. The molecule has 0 radical (unpaired) electrons. The number of Topliss-reactive ketones (excluding diaryl/α,β-unsaturated/α-hetero) is 1. The number of rotatable bonds is 10. The fourth-order valence-electron chi connectivity index (χ4n) is 3.32. The molecular formula is C19H33NO3. The first kappa shape index (κ1) is 19.7. The van der Waals surface area contributed by atoms with Crippen molar-refractivity contribution in [1.82, 2.24) is 4.90 Å². The van der Waals surface area contributed by atoms with Crippen molar-refractivity contribution in [1.29, 1.82) is 0 Å². The normalized spacial score (nSPS) is 20.7. The Morgan fingerprint density at radius 2 is 1.57 bits per heavy atom. The van der Waals surface area contributed by atoms with Crippen molar-refractivity contribution in [2.45, 2.75) is 85.1 Å². The number of hydrogen-bond donors (Lipinski definition) is 1. The van der Waals surface area contributed by atoms with Crippen LogP contribution in [0.15, 0.2) is 11.3 Å². The average molecular weight is 323 g/mol. The highest BCUT2D eigenvalue weighted by atomic mass is 16.3. The summed E-state index contributed by atoms with van der Waals surface area (Å²) in [5.41, 5.74) is -0.0109. The molecule has 4 heteroatoms. The lowest BCUT2D eigenvalue weighted by atomic mass is 9.98. The van der Waals surface area contributed by atoms with E-state index in [1.807, 2.05) is 13.8 Å². The van der Waals surface area contributed by atoms with Gasteiger partial charge >= 0.3 is 0 Å². The molecule has 0 saturated carbocycles. The zero-order valence-corrected chi connectivity index (χ0v) is 15.2. The van der Waals surface area contributed by atoms with Crippen LogP contribution in [0.3, 0.4) is 0 Å². The maximum Gasteiger partial charge on any atom is 0.261 e. The predicted octanol–water partition coefficient (Wildman–Crippen LogP) is 4.40. The molecule has 1 saturated heterocycles. The van der Waals surface area contributed by atoms with Gasteiger partial charge < -0.3 is 10.0 Å². The van der Waals surface area contributed by atoms with Gasteiger partial charge in [0.1, 0.15) is 11.3 Å². The Bertz CT molecular complexity index is 436. The van der Waals surface area contributed by atoms with E-state index in [4.69, 9.17) is 0 Å². The van der Waals surface area contributed by atoms with Gasteiger partial charge in [-0.15, -0.1) is 0 Å². The summed E-state index contributed by atoms with van der Waals surface area (Å²) in [7, 11) is 0. The van der Waals surface area contributed by atoms with E-state index < -0.39 is 6.04 Å². The summed E-state index contributed by atoms with van der Waals surface area (Å²) >= 11 is 0. The molecule has 1 N–H and O–H groups in total. The molecule has 0 bridgehead atoms. The number of allylic oxidation sites excluding steroid dienone is 1. The first-order chi connectivity index (χ1) is 10.9. The minimum atomic E-state index is -0.413. The van der Waals surface area contributed by atoms with Crippen LogP contribution in [0.4, 0.5) is 0 Å². The van der Waals surface area contributed by atoms with E-state index in [9.17, 15) is 14.7 Å². The van der Waals surface area contributed by atoms with E-state index in [2.05, 4.69) is 6.92 Å². The van der Waals surface area contributed by atoms with Crippen molar-refractivity contribution in [3.05, 3.63) is 11.3 Å². The van der Waals surface area contributed by atoms with Crippen molar-refractivity contribution < 1.29 is 14.7 Å². The summed E-state index contributed by atoms with van der Waals surface area (Å²) in [5, 5.41) is 9.63. The fourth-order valence-corrected chi connectivity index (χ4v) is 3.32. The zero-order valence-electron chi connectivity index (χ0n) is 15.2. The summed E-state index contributed by atoms with van der Waals surface area (Å²) in [6.07, 6.45) is 9.64. The van der Waals surface area contributed by atoms with Crippen LogP contribution in [0.1, 0.15) is 79.1 Å². The van der Waals surface area contributed by atoms with Gasteiger partial charge in [-0.25, -0.2) is 0 Å². The molecular weight excluding hydrogens is 290 g/mol. The van der Waals surface area contributed by atoms with Crippen LogP contribution < -0.4 is 0 Å². The maximum atomic E-state index is 12.4. The molecule has 0 aromatic carbocycles. The maximum absolute atomic E-state index is 12.4. The van der Waals surface area contributed by atoms with Gasteiger partial charge in [0.05, 0.1) is 6.04 Å². The minimum Gasteiger partial charge on any atom is -0.512 e. The molecule has 1 fully saturated rings. The van der Waals surface area contributed by atoms with Crippen molar-refractivity contribution in [2.75, 3.05) is 6.54 Å². The molecule has 0 aromatic heterocycles. The third kappa shape index (κ3) is 5.36. The number of carbonyl (C=O) groups is 2. The van der Waals surface area contributed by atoms with Crippen LogP contribution in [0, 0.1) is 5.92 Å². The van der Waals surface area contributed by atoms with Crippen LogP contribution in [-0.4, -0.2) is 34.3 Å². The number of unbranched alkanes of at least 4 members (excludes halogenated alkanes) is 7. The highest BCUT2D eigenvalue weighted by molar-refractivity contribution is 6.26. The standard InChI is InChI=1S/C19H33NO3/c1-5-6-7-8-9-10-11-12-13-20-17(14(2)3)18(22)16(15(4)21)19(20)23/h14,17,21H,5-13H2,1-4H3/t17-/m0/s1. The highest BCUT2D eigenvalue weighted by Crippen LogP contribution is 2.28. The van der Waals surface area contributed by atoms with Crippen LogP contribution >= 0.6 is 0 Å². The number of carbonyl (C=O) groups excluding carboxylic acids is 2. The Balaban J connectivity index is 2.46. The van der Waals surface area contributed by atoms with Crippen molar-refractivity contribution >= 4 is 11.7 Å². The first-order valence-corrected chi connectivity index (χ1v) is 9.16. The van der Waals surface area contributed by atoms with E-state index in [-0.39, 0.29) is 28.9 Å². The Kier molecular flexibility index (Phi) is 8.35. The van der Waals surface area contributed by atoms with E-state index in [1.54, 1.807) is 4.90 Å². The van der Waals surface area contributed by atoms with Crippen LogP contribution in [-0.2, 0) is 9.59 Å². The molecule has 1 heterocycles. The third-order valence-corrected chi connectivity index (χ3v) is 4.57. The Morgan fingerprint density at radius 1 is 1.04 bits per heavy atom. The lowest BCUT2D eigenvalue weighted by Gasteiger charge is -2.25. The van der Waals surface area contributed by atoms with Crippen LogP contribution in [0.25, 0.3) is 0 Å². The van der Waals surface area contributed by atoms with Gasteiger partial charge in [-0.1, -0.05) is 65.7 Å². The predicted molar refractivity (Wildman–Crippen MR) is 93.3 cm³/mol. The van der Waals surface area contributed by atoms with Crippen LogP contribution in [0.5, 0.6) is 0 Å². The second kappa shape index (κ2) is 9.74. The molecule has 1 amide bonds. The zero-order chi connectivity index (χ0) is 17.4. The summed E-state index contributed by atoms with van der Waals surface area (Å²) in [6.45, 7) is 8.15. The Labute approximate surface area is 140 Å². The Hall–Kier alpha value is -1.32. The van der Waals surface area contributed by atoms with Gasteiger partial charge in [-0.05, 0) is 19.3 Å². The minimum absolute atomic E-state index is 0.0109. The van der Waals surface area contributed by atoms with E-state index in [1.165, 1.54) is 45.4 Å². The van der Waals surface area contributed by atoms with Crippen molar-refractivity contribution in [3.8, 4) is 0 Å². The second-order valence-corrected chi connectivity index (χ2v) is 6.99. The summed E-state index contributed by atoms with van der Waals surface area (Å²) in [4.78, 5) is 26.4. The van der Waals surface area contributed by atoms with Gasteiger partial charge in [0.15, 0.2) is 5.78 Å². The molecule has 23 heavy (non-hydrogen) atoms. The number of nitrogens with zero attached hydrogens (tertiary/aromatic N) is 1. The Morgan fingerprint density at radius 3 is 2.04 bits per heavy atom. The second-order valence-electron chi connectivity index (χ2n) is 6.99. The van der Waals surface area contributed by atoms with Gasteiger partial charge in [-0.3, -0.25) is 9.59 Å². The van der Waals surface area contributed by atoms with E-state index >= 15 is 0 Å². The average Bonchev–Trinajstić information content (AvgIpc) is 2.72. The number of aliphatic hydroxyl groups is 1. The van der Waals surface area contributed by atoms with Gasteiger partial charge in [0, 0.05) is 6.54 Å². The number of aliphatic hydroxyl groups excluding tert-OH is 1. The molecule has 0 spiro atoms. The third-order valence-electron chi connectivity index (χ3n) is 4.57. The van der Waals surface area contributed by atoms with E-state index in [0.717, 1.165) is 12.8 Å². The quantitative estimate of drug-likeness (QED) is 0.281. The summed E-state index contributed by atoms with van der Waals surface area (Å²) in [6, 6.07) is -0.413. The molecule has 1 aliphatic heterocycles. The number of likely N-dealkylation sites (tertiary alicyclic amines) is 1. The number of ketones is 1. The number of amides is 1.